The number of benzene rings is 1. The Hall–Kier alpha value is -2.93. The van der Waals surface area contributed by atoms with Crippen molar-refractivity contribution in [2.45, 2.75) is 33.3 Å². The summed E-state index contributed by atoms with van der Waals surface area (Å²) in [4.78, 5) is 24.7. The van der Waals surface area contributed by atoms with Crippen LogP contribution in [0.1, 0.15) is 38.1 Å². The number of hydrogen-bond acceptors (Lipinski definition) is 5. The van der Waals surface area contributed by atoms with Gasteiger partial charge in [0, 0.05) is 10.9 Å². The highest BCUT2D eigenvalue weighted by molar-refractivity contribution is 7.17. The summed E-state index contributed by atoms with van der Waals surface area (Å²) in [5.74, 6) is -0.0242. The molecule has 0 aliphatic rings. The predicted octanol–water partition coefficient (Wildman–Crippen LogP) is 5.23. The number of H-pyrrole nitrogens is 1. The van der Waals surface area contributed by atoms with Crippen LogP contribution in [0.4, 0.5) is 4.79 Å². The fourth-order valence-electron chi connectivity index (χ4n) is 3.03. The summed E-state index contributed by atoms with van der Waals surface area (Å²) in [5, 5.41) is 10.2. The molecule has 0 amide bonds. The second-order valence-electron chi connectivity index (χ2n) is 7.41. The molecule has 0 spiro atoms. The molecule has 27 heavy (non-hydrogen) atoms. The molecule has 0 atom stereocenters. The smallest absolute Gasteiger partial charge is 0.419 e. The van der Waals surface area contributed by atoms with Crippen molar-refractivity contribution >= 4 is 44.3 Å². The van der Waals surface area contributed by atoms with E-state index in [1.165, 1.54) is 11.5 Å². The SMILES string of the molecule is CC(=O)c1ccc2c(c1)cc(-c1n[nH]c3ccsc13)n2C(=O)OC(C)(C)C. The summed E-state index contributed by atoms with van der Waals surface area (Å²) < 4.78 is 8.12. The third kappa shape index (κ3) is 3.04. The van der Waals surface area contributed by atoms with Crippen LogP contribution in [0.15, 0.2) is 35.7 Å². The van der Waals surface area contributed by atoms with Crippen molar-refractivity contribution in [1.29, 1.82) is 0 Å². The van der Waals surface area contributed by atoms with Crippen molar-refractivity contribution in [2.75, 3.05) is 0 Å². The van der Waals surface area contributed by atoms with E-state index in [0.717, 1.165) is 15.6 Å². The second kappa shape index (κ2) is 6.06. The van der Waals surface area contributed by atoms with E-state index in [1.807, 2.05) is 38.3 Å². The first-order valence-corrected chi connectivity index (χ1v) is 9.44. The van der Waals surface area contributed by atoms with Gasteiger partial charge in [-0.05, 0) is 63.4 Å². The Morgan fingerprint density at radius 1 is 1.19 bits per heavy atom. The van der Waals surface area contributed by atoms with Gasteiger partial charge in [-0.15, -0.1) is 11.3 Å². The van der Waals surface area contributed by atoms with E-state index >= 15 is 0 Å². The monoisotopic (exact) mass is 381 g/mol. The zero-order valence-corrected chi connectivity index (χ0v) is 16.3. The van der Waals surface area contributed by atoms with Crippen molar-refractivity contribution in [2.24, 2.45) is 0 Å². The molecule has 0 aliphatic heterocycles. The molecule has 0 saturated carbocycles. The van der Waals surface area contributed by atoms with E-state index in [1.54, 1.807) is 29.5 Å². The Kier molecular flexibility index (Phi) is 3.92. The molecule has 4 rings (SSSR count). The lowest BCUT2D eigenvalue weighted by Crippen LogP contribution is -2.27. The van der Waals surface area contributed by atoms with Crippen molar-refractivity contribution in [3.8, 4) is 11.4 Å². The molecule has 138 valence electrons. The quantitative estimate of drug-likeness (QED) is 0.482. The summed E-state index contributed by atoms with van der Waals surface area (Å²) in [7, 11) is 0. The van der Waals surface area contributed by atoms with Gasteiger partial charge in [0.05, 0.1) is 21.4 Å². The topological polar surface area (TPSA) is 77.0 Å². The number of fused-ring (bicyclic) bond motifs is 2. The number of hydrogen-bond donors (Lipinski definition) is 1. The van der Waals surface area contributed by atoms with Crippen LogP contribution in [-0.4, -0.2) is 32.2 Å². The summed E-state index contributed by atoms with van der Waals surface area (Å²) >= 11 is 1.55. The number of thiophene rings is 1. The van der Waals surface area contributed by atoms with Gasteiger partial charge in [0.1, 0.15) is 11.3 Å². The number of rotatable bonds is 2. The van der Waals surface area contributed by atoms with Crippen LogP contribution in [0.3, 0.4) is 0 Å². The molecule has 0 saturated heterocycles. The molecule has 1 N–H and O–H groups in total. The first-order valence-electron chi connectivity index (χ1n) is 8.56. The van der Waals surface area contributed by atoms with Gasteiger partial charge in [-0.1, -0.05) is 0 Å². The lowest BCUT2D eigenvalue weighted by atomic mass is 10.1. The van der Waals surface area contributed by atoms with Gasteiger partial charge in [-0.3, -0.25) is 9.89 Å². The Morgan fingerprint density at radius 2 is 1.96 bits per heavy atom. The van der Waals surface area contributed by atoms with E-state index in [-0.39, 0.29) is 5.78 Å². The maximum absolute atomic E-state index is 13.0. The van der Waals surface area contributed by atoms with Crippen LogP contribution >= 0.6 is 11.3 Å². The first kappa shape index (κ1) is 17.5. The number of aromatic nitrogens is 3. The molecule has 0 aliphatic carbocycles. The van der Waals surface area contributed by atoms with E-state index in [0.29, 0.717) is 22.5 Å². The summed E-state index contributed by atoms with van der Waals surface area (Å²) in [6, 6.07) is 9.12. The van der Waals surface area contributed by atoms with Crippen LogP contribution in [0.2, 0.25) is 0 Å². The molecular formula is C20H19N3O3S. The van der Waals surface area contributed by atoms with Gasteiger partial charge >= 0.3 is 6.09 Å². The number of ketones is 1. The largest absolute Gasteiger partial charge is 0.443 e. The average molecular weight is 381 g/mol. The molecule has 0 fully saturated rings. The second-order valence-corrected chi connectivity index (χ2v) is 8.33. The zero-order chi connectivity index (χ0) is 19.3. The molecule has 0 bridgehead atoms. The van der Waals surface area contributed by atoms with Crippen LogP contribution < -0.4 is 0 Å². The van der Waals surface area contributed by atoms with Gasteiger partial charge < -0.3 is 4.74 Å². The number of nitrogens with one attached hydrogen (secondary N) is 1. The molecule has 4 aromatic rings. The zero-order valence-electron chi connectivity index (χ0n) is 15.5. The van der Waals surface area contributed by atoms with E-state index in [9.17, 15) is 9.59 Å². The minimum atomic E-state index is -0.631. The van der Waals surface area contributed by atoms with Crippen LogP contribution in [0, 0.1) is 0 Å². The van der Waals surface area contributed by atoms with Gasteiger partial charge in [0.2, 0.25) is 0 Å². The summed E-state index contributed by atoms with van der Waals surface area (Å²) in [5.41, 5.74) is 2.88. The van der Waals surface area contributed by atoms with Gasteiger partial charge in [-0.2, -0.15) is 5.10 Å². The van der Waals surface area contributed by atoms with Gasteiger partial charge in [-0.25, -0.2) is 9.36 Å². The highest BCUT2D eigenvalue weighted by Gasteiger charge is 2.25. The minimum Gasteiger partial charge on any atom is -0.443 e. The first-order chi connectivity index (χ1) is 12.7. The number of ether oxygens (including phenoxy) is 1. The molecule has 6 nitrogen and oxygen atoms in total. The van der Waals surface area contributed by atoms with E-state index in [2.05, 4.69) is 10.2 Å². The summed E-state index contributed by atoms with van der Waals surface area (Å²) in [6.45, 7) is 7.01. The van der Waals surface area contributed by atoms with Crippen LogP contribution in [-0.2, 0) is 4.74 Å². The maximum Gasteiger partial charge on any atom is 0.419 e. The minimum absolute atomic E-state index is 0.0242. The maximum atomic E-state index is 13.0. The van der Waals surface area contributed by atoms with E-state index < -0.39 is 11.7 Å². The number of carbonyl (C=O) groups is 2. The normalized spacial score (nSPS) is 12.0. The Morgan fingerprint density at radius 3 is 2.67 bits per heavy atom. The number of Topliss-reactive ketones (excluding diaryl/α,β-unsaturated/α-hetero) is 1. The Bertz CT molecular complexity index is 1190. The predicted molar refractivity (Wildman–Crippen MR) is 107 cm³/mol. The molecule has 3 aromatic heterocycles. The average Bonchev–Trinajstić information content (AvgIpc) is 3.25. The van der Waals surface area contributed by atoms with Crippen LogP contribution in [0.5, 0.6) is 0 Å². The Labute approximate surface area is 159 Å². The van der Waals surface area contributed by atoms with Gasteiger partial charge in [0.15, 0.2) is 5.78 Å². The van der Waals surface area contributed by atoms with E-state index in [4.69, 9.17) is 4.74 Å². The molecular weight excluding hydrogens is 362 g/mol. The highest BCUT2D eigenvalue weighted by Crippen LogP contribution is 2.35. The number of aromatic amines is 1. The lowest BCUT2D eigenvalue weighted by Gasteiger charge is -2.20. The highest BCUT2D eigenvalue weighted by atomic mass is 32.1. The third-order valence-corrected chi connectivity index (χ3v) is 5.12. The lowest BCUT2D eigenvalue weighted by molar-refractivity contribution is 0.0547. The van der Waals surface area contributed by atoms with Crippen molar-refractivity contribution in [3.05, 3.63) is 41.3 Å². The molecule has 0 unspecified atom stereocenters. The number of nitrogens with zero attached hydrogens (tertiary/aromatic N) is 2. The Balaban J connectivity index is 1.98. The fraction of sp³-hybridized carbons (Fsp3) is 0.250. The summed E-state index contributed by atoms with van der Waals surface area (Å²) in [6.07, 6.45) is -0.476. The molecule has 7 heteroatoms. The molecule has 1 aromatic carbocycles. The van der Waals surface area contributed by atoms with Gasteiger partial charge in [0.25, 0.3) is 0 Å². The third-order valence-electron chi connectivity index (χ3n) is 4.20. The molecule has 3 heterocycles. The molecule has 0 radical (unpaired) electrons. The van der Waals surface area contributed by atoms with Crippen LogP contribution in [0.25, 0.3) is 32.5 Å². The standard InChI is InChI=1S/C20H19N3O3S/c1-11(24)12-5-6-15-13(9-12)10-16(23(15)19(25)26-20(2,3)4)17-18-14(21-22-17)7-8-27-18/h5-10H,1-4H3,(H,21,22). The van der Waals surface area contributed by atoms with Crippen molar-refractivity contribution < 1.29 is 14.3 Å². The fourth-order valence-corrected chi connectivity index (χ4v) is 3.88. The number of carbonyl (C=O) groups excluding carboxylic acids is 2. The van der Waals surface area contributed by atoms with Crippen molar-refractivity contribution in [3.63, 3.8) is 0 Å². The van der Waals surface area contributed by atoms with Crippen molar-refractivity contribution in [1.82, 2.24) is 14.8 Å².